The third-order valence-electron chi connectivity index (χ3n) is 3.30. The Hall–Kier alpha value is -1.32. The lowest BCUT2D eigenvalue weighted by atomic mass is 9.99. The normalized spacial score (nSPS) is 18.1. The number of carbonyl (C=O) groups excluding carboxylic acids is 1. The van der Waals surface area contributed by atoms with Crippen molar-refractivity contribution in [1.29, 1.82) is 0 Å². The molecule has 0 saturated heterocycles. The quantitative estimate of drug-likeness (QED) is 0.754. The first-order chi connectivity index (χ1) is 7.77. The van der Waals surface area contributed by atoms with Crippen LogP contribution in [0.4, 0.5) is 5.82 Å². The van der Waals surface area contributed by atoms with E-state index in [0.29, 0.717) is 0 Å². The maximum atomic E-state index is 12.0. The number of anilines is 1. The number of rotatable bonds is 2. The first-order valence-electron chi connectivity index (χ1n) is 6.08. The van der Waals surface area contributed by atoms with Crippen LogP contribution in [0.2, 0.25) is 0 Å². The second-order valence-corrected chi connectivity index (χ2v) is 4.61. The molecule has 1 aromatic heterocycles. The standard InChI is InChI=1S/C12H19N3O/c1-9-8-13-15-11(9)14-12(16)10-6-4-2-3-5-7-10/h8,10H,2-7H2,1H3,(H2,13,14,15,16). The lowest BCUT2D eigenvalue weighted by Crippen LogP contribution is -2.22. The maximum absolute atomic E-state index is 12.0. The molecular formula is C12H19N3O. The van der Waals surface area contributed by atoms with Gasteiger partial charge in [-0.1, -0.05) is 25.7 Å². The van der Waals surface area contributed by atoms with E-state index < -0.39 is 0 Å². The van der Waals surface area contributed by atoms with Gasteiger partial charge < -0.3 is 5.32 Å². The molecule has 0 spiro atoms. The first-order valence-corrected chi connectivity index (χ1v) is 6.08. The van der Waals surface area contributed by atoms with Gasteiger partial charge in [0, 0.05) is 11.5 Å². The van der Waals surface area contributed by atoms with Gasteiger partial charge in [0.15, 0.2) is 0 Å². The molecule has 1 fully saturated rings. The number of hydrogen-bond acceptors (Lipinski definition) is 2. The molecule has 0 aliphatic heterocycles. The molecule has 0 aromatic carbocycles. The van der Waals surface area contributed by atoms with Crippen molar-refractivity contribution in [1.82, 2.24) is 10.2 Å². The van der Waals surface area contributed by atoms with E-state index in [0.717, 1.165) is 24.2 Å². The summed E-state index contributed by atoms with van der Waals surface area (Å²) in [6.07, 6.45) is 8.68. The van der Waals surface area contributed by atoms with Crippen molar-refractivity contribution < 1.29 is 4.79 Å². The van der Waals surface area contributed by atoms with Crippen LogP contribution in [-0.4, -0.2) is 16.1 Å². The summed E-state index contributed by atoms with van der Waals surface area (Å²) in [5.41, 5.74) is 0.988. The highest BCUT2D eigenvalue weighted by Crippen LogP contribution is 2.24. The molecule has 2 N–H and O–H groups in total. The zero-order valence-corrected chi connectivity index (χ0v) is 9.75. The molecule has 0 bridgehead atoms. The lowest BCUT2D eigenvalue weighted by molar-refractivity contribution is -0.120. The fourth-order valence-electron chi connectivity index (χ4n) is 2.24. The van der Waals surface area contributed by atoms with E-state index in [1.54, 1.807) is 6.20 Å². The summed E-state index contributed by atoms with van der Waals surface area (Å²) in [6, 6.07) is 0. The van der Waals surface area contributed by atoms with Gasteiger partial charge in [-0.15, -0.1) is 0 Å². The molecule has 16 heavy (non-hydrogen) atoms. The molecule has 0 atom stereocenters. The van der Waals surface area contributed by atoms with E-state index in [9.17, 15) is 4.79 Å². The molecule has 4 nitrogen and oxygen atoms in total. The second-order valence-electron chi connectivity index (χ2n) is 4.61. The van der Waals surface area contributed by atoms with Gasteiger partial charge in [-0.25, -0.2) is 0 Å². The van der Waals surface area contributed by atoms with Crippen molar-refractivity contribution in [3.8, 4) is 0 Å². The van der Waals surface area contributed by atoms with Crippen LogP contribution >= 0.6 is 0 Å². The molecule has 0 unspecified atom stereocenters. The summed E-state index contributed by atoms with van der Waals surface area (Å²) in [7, 11) is 0. The summed E-state index contributed by atoms with van der Waals surface area (Å²) < 4.78 is 0. The van der Waals surface area contributed by atoms with Gasteiger partial charge in [-0.2, -0.15) is 5.10 Å². The summed E-state index contributed by atoms with van der Waals surface area (Å²) in [4.78, 5) is 12.0. The smallest absolute Gasteiger partial charge is 0.228 e. The molecule has 2 rings (SSSR count). The topological polar surface area (TPSA) is 57.8 Å². The van der Waals surface area contributed by atoms with Crippen molar-refractivity contribution in [2.45, 2.75) is 45.4 Å². The minimum Gasteiger partial charge on any atom is -0.311 e. The molecule has 1 aliphatic rings. The van der Waals surface area contributed by atoms with E-state index >= 15 is 0 Å². The minimum atomic E-state index is 0.147. The van der Waals surface area contributed by atoms with Gasteiger partial charge in [0.1, 0.15) is 5.82 Å². The third kappa shape index (κ3) is 2.62. The van der Waals surface area contributed by atoms with Crippen LogP contribution in [0.25, 0.3) is 0 Å². The molecule has 0 radical (unpaired) electrons. The van der Waals surface area contributed by atoms with Gasteiger partial charge in [-0.05, 0) is 19.8 Å². The van der Waals surface area contributed by atoms with Gasteiger partial charge in [0.25, 0.3) is 0 Å². The molecule has 88 valence electrons. The van der Waals surface area contributed by atoms with Gasteiger partial charge in [0.2, 0.25) is 5.91 Å². The number of aromatic amines is 1. The fourth-order valence-corrected chi connectivity index (χ4v) is 2.24. The Labute approximate surface area is 95.8 Å². The fraction of sp³-hybridized carbons (Fsp3) is 0.667. The molecule has 1 amide bonds. The Morgan fingerprint density at radius 2 is 2.06 bits per heavy atom. The molecule has 1 heterocycles. The minimum absolute atomic E-state index is 0.147. The average molecular weight is 221 g/mol. The monoisotopic (exact) mass is 221 g/mol. The Bertz CT molecular complexity index is 351. The first kappa shape index (κ1) is 11.2. The summed E-state index contributed by atoms with van der Waals surface area (Å²) in [6.45, 7) is 1.94. The average Bonchev–Trinajstić information content (AvgIpc) is 2.57. The van der Waals surface area contributed by atoms with Crippen LogP contribution in [0.5, 0.6) is 0 Å². The number of amides is 1. The zero-order chi connectivity index (χ0) is 11.4. The maximum Gasteiger partial charge on any atom is 0.228 e. The van der Waals surface area contributed by atoms with Crippen molar-refractivity contribution >= 4 is 11.7 Å². The molecule has 4 heteroatoms. The number of hydrogen-bond donors (Lipinski definition) is 2. The van der Waals surface area contributed by atoms with E-state index in [4.69, 9.17) is 0 Å². The number of carbonyl (C=O) groups is 1. The highest BCUT2D eigenvalue weighted by Gasteiger charge is 2.20. The number of nitrogens with zero attached hydrogens (tertiary/aromatic N) is 1. The Morgan fingerprint density at radius 3 is 2.62 bits per heavy atom. The van der Waals surface area contributed by atoms with Crippen LogP contribution in [0.1, 0.15) is 44.1 Å². The highest BCUT2D eigenvalue weighted by atomic mass is 16.1. The van der Waals surface area contributed by atoms with Crippen molar-refractivity contribution in [2.24, 2.45) is 5.92 Å². The van der Waals surface area contributed by atoms with Crippen LogP contribution in [0.15, 0.2) is 6.20 Å². The third-order valence-corrected chi connectivity index (χ3v) is 3.30. The summed E-state index contributed by atoms with van der Waals surface area (Å²) >= 11 is 0. The zero-order valence-electron chi connectivity index (χ0n) is 9.75. The highest BCUT2D eigenvalue weighted by molar-refractivity contribution is 5.92. The molecule has 1 aliphatic carbocycles. The second kappa shape index (κ2) is 5.14. The number of aryl methyl sites for hydroxylation is 1. The largest absolute Gasteiger partial charge is 0.311 e. The lowest BCUT2D eigenvalue weighted by Gasteiger charge is -2.13. The van der Waals surface area contributed by atoms with Crippen molar-refractivity contribution in [3.05, 3.63) is 11.8 Å². The Kier molecular flexibility index (Phi) is 3.59. The number of aromatic nitrogens is 2. The van der Waals surface area contributed by atoms with Crippen LogP contribution in [0.3, 0.4) is 0 Å². The number of H-pyrrole nitrogens is 1. The Morgan fingerprint density at radius 1 is 1.38 bits per heavy atom. The van der Waals surface area contributed by atoms with Crippen LogP contribution in [0, 0.1) is 12.8 Å². The SMILES string of the molecule is Cc1cn[nH]c1NC(=O)C1CCCCCC1. The van der Waals surface area contributed by atoms with E-state index in [1.807, 2.05) is 6.92 Å². The predicted molar refractivity (Wildman–Crippen MR) is 63.1 cm³/mol. The van der Waals surface area contributed by atoms with Gasteiger partial charge >= 0.3 is 0 Å². The summed E-state index contributed by atoms with van der Waals surface area (Å²) in [5.74, 6) is 1.08. The van der Waals surface area contributed by atoms with Gasteiger partial charge in [-0.3, -0.25) is 9.89 Å². The Balaban J connectivity index is 1.94. The molecule has 1 aromatic rings. The molecule has 1 saturated carbocycles. The van der Waals surface area contributed by atoms with E-state index in [1.165, 1.54) is 25.7 Å². The van der Waals surface area contributed by atoms with E-state index in [2.05, 4.69) is 15.5 Å². The molecular weight excluding hydrogens is 202 g/mol. The van der Waals surface area contributed by atoms with Crippen molar-refractivity contribution in [2.75, 3.05) is 5.32 Å². The van der Waals surface area contributed by atoms with Crippen LogP contribution < -0.4 is 5.32 Å². The predicted octanol–water partition coefficient (Wildman–Crippen LogP) is 2.63. The van der Waals surface area contributed by atoms with Crippen molar-refractivity contribution in [3.63, 3.8) is 0 Å². The van der Waals surface area contributed by atoms with Crippen LogP contribution in [-0.2, 0) is 4.79 Å². The van der Waals surface area contributed by atoms with Gasteiger partial charge in [0.05, 0.1) is 6.20 Å². The number of nitrogens with one attached hydrogen (secondary N) is 2. The summed E-state index contributed by atoms with van der Waals surface area (Å²) in [5, 5.41) is 9.64. The van der Waals surface area contributed by atoms with E-state index in [-0.39, 0.29) is 11.8 Å².